The minimum atomic E-state index is 0.258. The van der Waals surface area contributed by atoms with Gasteiger partial charge in [-0.2, -0.15) is 0 Å². The smallest absolute Gasteiger partial charge is 0.0952 e. The third-order valence-electron chi connectivity index (χ3n) is 2.95. The second kappa shape index (κ2) is 5.46. The van der Waals surface area contributed by atoms with E-state index in [9.17, 15) is 0 Å². The molecule has 2 rings (SSSR count). The van der Waals surface area contributed by atoms with Crippen molar-refractivity contribution in [3.63, 3.8) is 0 Å². The van der Waals surface area contributed by atoms with Gasteiger partial charge in [0, 0.05) is 19.6 Å². The Morgan fingerprint density at radius 1 is 1.31 bits per heavy atom. The fourth-order valence-corrected chi connectivity index (χ4v) is 2.25. The van der Waals surface area contributed by atoms with Crippen molar-refractivity contribution < 1.29 is 4.74 Å². The second-order valence-corrected chi connectivity index (χ2v) is 4.92. The molecule has 2 nitrogen and oxygen atoms in total. The number of rotatable bonds is 3. The molecule has 1 heterocycles. The van der Waals surface area contributed by atoms with E-state index in [2.05, 4.69) is 49.1 Å². The predicted octanol–water partition coefficient (Wildman–Crippen LogP) is 2.72. The average molecular weight is 219 g/mol. The summed E-state index contributed by atoms with van der Waals surface area (Å²) >= 11 is 0. The van der Waals surface area contributed by atoms with Crippen LogP contribution in [0.1, 0.15) is 25.5 Å². The molecule has 1 aliphatic rings. The first-order valence-electron chi connectivity index (χ1n) is 6.14. The summed E-state index contributed by atoms with van der Waals surface area (Å²) in [7, 11) is 0. The Bertz CT molecular complexity index is 310. The van der Waals surface area contributed by atoms with Crippen molar-refractivity contribution in [2.24, 2.45) is 5.92 Å². The second-order valence-electron chi connectivity index (χ2n) is 4.92. The Balaban J connectivity index is 1.97. The van der Waals surface area contributed by atoms with Gasteiger partial charge in [0.05, 0.1) is 12.7 Å². The van der Waals surface area contributed by atoms with E-state index in [0.29, 0.717) is 0 Å². The lowest BCUT2D eigenvalue weighted by Crippen LogP contribution is -2.40. The van der Waals surface area contributed by atoms with E-state index in [1.165, 1.54) is 12.1 Å². The van der Waals surface area contributed by atoms with Crippen LogP contribution < -0.4 is 0 Å². The van der Waals surface area contributed by atoms with E-state index >= 15 is 0 Å². The molecule has 1 aliphatic heterocycles. The van der Waals surface area contributed by atoms with Crippen LogP contribution >= 0.6 is 0 Å². The highest BCUT2D eigenvalue weighted by Crippen LogP contribution is 2.22. The van der Waals surface area contributed by atoms with Crippen LogP contribution in [0.2, 0.25) is 0 Å². The maximum atomic E-state index is 5.83. The van der Waals surface area contributed by atoms with Crippen LogP contribution in [0.25, 0.3) is 0 Å². The Morgan fingerprint density at radius 2 is 2.06 bits per heavy atom. The summed E-state index contributed by atoms with van der Waals surface area (Å²) in [5.74, 6) is 0.731. The molecular formula is C14H21NO. The predicted molar refractivity (Wildman–Crippen MR) is 66.4 cm³/mol. The highest BCUT2D eigenvalue weighted by molar-refractivity contribution is 5.18. The molecule has 0 aromatic heterocycles. The molecule has 88 valence electrons. The van der Waals surface area contributed by atoms with Crippen LogP contribution in [-0.2, 0) is 4.74 Å². The first-order chi connectivity index (χ1) is 7.75. The summed E-state index contributed by atoms with van der Waals surface area (Å²) in [6.45, 7) is 8.67. The molecule has 0 saturated carbocycles. The normalized spacial score (nSPS) is 22.6. The van der Waals surface area contributed by atoms with Crippen LogP contribution in [0.15, 0.2) is 30.3 Å². The minimum Gasteiger partial charge on any atom is -0.371 e. The number of hydrogen-bond acceptors (Lipinski definition) is 2. The number of benzene rings is 1. The van der Waals surface area contributed by atoms with Crippen LogP contribution in [0, 0.1) is 5.92 Å². The molecule has 1 saturated heterocycles. The van der Waals surface area contributed by atoms with Crippen LogP contribution in [0.5, 0.6) is 0 Å². The number of ether oxygens (including phenoxy) is 1. The van der Waals surface area contributed by atoms with Gasteiger partial charge < -0.3 is 4.74 Å². The molecule has 2 heteroatoms. The van der Waals surface area contributed by atoms with Crippen molar-refractivity contribution in [2.75, 3.05) is 26.2 Å². The van der Waals surface area contributed by atoms with E-state index in [4.69, 9.17) is 4.74 Å². The summed E-state index contributed by atoms with van der Waals surface area (Å²) in [4.78, 5) is 2.51. The Morgan fingerprint density at radius 3 is 2.75 bits per heavy atom. The van der Waals surface area contributed by atoms with Crippen LogP contribution in [0.4, 0.5) is 0 Å². The summed E-state index contributed by atoms with van der Waals surface area (Å²) in [6.07, 6.45) is 0.258. The van der Waals surface area contributed by atoms with Crippen molar-refractivity contribution in [1.29, 1.82) is 0 Å². The Kier molecular flexibility index (Phi) is 3.97. The first kappa shape index (κ1) is 11.6. The molecule has 16 heavy (non-hydrogen) atoms. The fourth-order valence-electron chi connectivity index (χ4n) is 2.25. The molecule has 1 aromatic rings. The van der Waals surface area contributed by atoms with Gasteiger partial charge in [0.15, 0.2) is 0 Å². The summed E-state index contributed by atoms with van der Waals surface area (Å²) in [6, 6.07) is 10.5. The maximum absolute atomic E-state index is 5.83. The van der Waals surface area contributed by atoms with Gasteiger partial charge in [-0.05, 0) is 11.5 Å². The van der Waals surface area contributed by atoms with Gasteiger partial charge in [-0.25, -0.2) is 0 Å². The Hall–Kier alpha value is -0.860. The molecule has 1 atom stereocenters. The highest BCUT2D eigenvalue weighted by Gasteiger charge is 2.21. The standard InChI is InChI=1S/C14H21NO/c1-12(2)10-15-8-9-16-14(11-15)13-6-4-3-5-7-13/h3-7,12,14H,8-11H2,1-2H3. The zero-order chi connectivity index (χ0) is 11.4. The molecule has 0 aliphatic carbocycles. The van der Waals surface area contributed by atoms with Crippen molar-refractivity contribution in [1.82, 2.24) is 4.90 Å². The van der Waals surface area contributed by atoms with Crippen molar-refractivity contribution in [3.05, 3.63) is 35.9 Å². The molecule has 0 bridgehead atoms. The third-order valence-corrected chi connectivity index (χ3v) is 2.95. The van der Waals surface area contributed by atoms with Gasteiger partial charge in [-0.15, -0.1) is 0 Å². The van der Waals surface area contributed by atoms with Crippen molar-refractivity contribution in [3.8, 4) is 0 Å². The third kappa shape index (κ3) is 3.06. The molecule has 1 aromatic carbocycles. The van der Waals surface area contributed by atoms with Crippen LogP contribution in [0.3, 0.4) is 0 Å². The number of hydrogen-bond donors (Lipinski definition) is 0. The molecule has 0 amide bonds. The molecule has 1 unspecified atom stereocenters. The molecule has 0 N–H and O–H groups in total. The SMILES string of the molecule is CC(C)CN1CCOC(c2ccccc2)C1. The van der Waals surface area contributed by atoms with Gasteiger partial charge in [0.1, 0.15) is 0 Å². The lowest BCUT2D eigenvalue weighted by Gasteiger charge is -2.34. The summed E-state index contributed by atoms with van der Waals surface area (Å²) in [5.41, 5.74) is 1.30. The van der Waals surface area contributed by atoms with E-state index in [-0.39, 0.29) is 6.10 Å². The van der Waals surface area contributed by atoms with E-state index in [0.717, 1.165) is 25.6 Å². The van der Waals surface area contributed by atoms with Gasteiger partial charge in [0.25, 0.3) is 0 Å². The van der Waals surface area contributed by atoms with E-state index in [1.807, 2.05) is 0 Å². The molecule has 0 radical (unpaired) electrons. The first-order valence-corrected chi connectivity index (χ1v) is 6.14. The summed E-state index contributed by atoms with van der Waals surface area (Å²) < 4.78 is 5.83. The topological polar surface area (TPSA) is 12.5 Å². The lowest BCUT2D eigenvalue weighted by molar-refractivity contribution is -0.0332. The van der Waals surface area contributed by atoms with E-state index in [1.54, 1.807) is 0 Å². The quantitative estimate of drug-likeness (QED) is 0.775. The van der Waals surface area contributed by atoms with Crippen LogP contribution in [-0.4, -0.2) is 31.1 Å². The number of morpholine rings is 1. The average Bonchev–Trinajstić information content (AvgIpc) is 2.30. The van der Waals surface area contributed by atoms with Crippen molar-refractivity contribution >= 4 is 0 Å². The zero-order valence-electron chi connectivity index (χ0n) is 10.2. The summed E-state index contributed by atoms with van der Waals surface area (Å²) in [5, 5.41) is 0. The van der Waals surface area contributed by atoms with Gasteiger partial charge in [0.2, 0.25) is 0 Å². The van der Waals surface area contributed by atoms with Crippen molar-refractivity contribution in [2.45, 2.75) is 20.0 Å². The molecular weight excluding hydrogens is 198 g/mol. The fraction of sp³-hybridized carbons (Fsp3) is 0.571. The van der Waals surface area contributed by atoms with Gasteiger partial charge >= 0.3 is 0 Å². The van der Waals surface area contributed by atoms with E-state index < -0.39 is 0 Å². The zero-order valence-corrected chi connectivity index (χ0v) is 10.2. The Labute approximate surface area is 98.2 Å². The maximum Gasteiger partial charge on any atom is 0.0952 e. The highest BCUT2D eigenvalue weighted by atomic mass is 16.5. The molecule has 0 spiro atoms. The minimum absolute atomic E-state index is 0.258. The number of nitrogens with zero attached hydrogens (tertiary/aromatic N) is 1. The monoisotopic (exact) mass is 219 g/mol. The lowest BCUT2D eigenvalue weighted by atomic mass is 10.1. The van der Waals surface area contributed by atoms with Gasteiger partial charge in [-0.1, -0.05) is 44.2 Å². The largest absolute Gasteiger partial charge is 0.371 e. The molecule has 1 fully saturated rings. The van der Waals surface area contributed by atoms with Gasteiger partial charge in [-0.3, -0.25) is 4.90 Å².